The Labute approximate surface area is 169 Å². The number of nitrogens with one attached hydrogen (secondary N) is 2. The van der Waals surface area contributed by atoms with Crippen LogP contribution < -0.4 is 15.5 Å². The fourth-order valence-corrected chi connectivity index (χ4v) is 4.87. The Morgan fingerprint density at radius 3 is 2.82 bits per heavy atom. The van der Waals surface area contributed by atoms with Crippen molar-refractivity contribution in [1.29, 1.82) is 0 Å². The molecule has 3 aliphatic heterocycles. The number of aromatic nitrogens is 1. The van der Waals surface area contributed by atoms with Crippen LogP contribution in [0.4, 0.5) is 10.5 Å². The number of rotatable bonds is 2. The number of benzene rings is 1. The van der Waals surface area contributed by atoms with E-state index in [4.69, 9.17) is 16.3 Å². The van der Waals surface area contributed by atoms with Gasteiger partial charge in [-0.2, -0.15) is 0 Å². The predicted octanol–water partition coefficient (Wildman–Crippen LogP) is 3.12. The summed E-state index contributed by atoms with van der Waals surface area (Å²) in [6.07, 6.45) is 3.75. The Kier molecular flexibility index (Phi) is 4.50. The fourth-order valence-electron chi connectivity index (χ4n) is 4.68. The molecule has 3 aliphatic rings. The molecule has 146 valence electrons. The molecule has 0 atom stereocenters. The highest BCUT2D eigenvalue weighted by Gasteiger charge is 2.46. The summed E-state index contributed by atoms with van der Waals surface area (Å²) in [5.74, 6) is 0. The minimum Gasteiger partial charge on any atom is -0.372 e. The van der Waals surface area contributed by atoms with Crippen molar-refractivity contribution >= 4 is 23.3 Å². The first-order valence-electron chi connectivity index (χ1n) is 9.75. The van der Waals surface area contributed by atoms with Gasteiger partial charge in [-0.05, 0) is 66.4 Å². The second kappa shape index (κ2) is 7.03. The van der Waals surface area contributed by atoms with E-state index in [-0.39, 0.29) is 11.4 Å². The summed E-state index contributed by atoms with van der Waals surface area (Å²) >= 11 is 5.95. The van der Waals surface area contributed by atoms with Crippen LogP contribution in [0.3, 0.4) is 0 Å². The normalized spacial score (nSPS) is 19.5. The number of pyridine rings is 1. The number of carbonyl (C=O) groups excluding carboxylic acids is 1. The lowest BCUT2D eigenvalue weighted by atomic mass is 9.74. The van der Waals surface area contributed by atoms with Crippen LogP contribution in [0.5, 0.6) is 0 Å². The average molecular weight is 399 g/mol. The molecule has 2 aromatic rings. The number of anilines is 1. The summed E-state index contributed by atoms with van der Waals surface area (Å²) in [6, 6.07) is 8.03. The van der Waals surface area contributed by atoms with Crippen LogP contribution in [0.25, 0.3) is 0 Å². The molecular formula is C21H23ClN4O2. The highest BCUT2D eigenvalue weighted by atomic mass is 35.5. The fraction of sp³-hybridized carbons (Fsp3) is 0.429. The summed E-state index contributed by atoms with van der Waals surface area (Å²) < 4.78 is 5.63. The number of carbonyl (C=O) groups is 1. The number of halogens is 1. The molecule has 0 aliphatic carbocycles. The third-order valence-corrected chi connectivity index (χ3v) is 6.40. The second-order valence-electron chi connectivity index (χ2n) is 7.89. The molecule has 1 aromatic heterocycles. The van der Waals surface area contributed by atoms with Gasteiger partial charge in [-0.25, -0.2) is 9.78 Å². The SMILES string of the molecule is O=C(NCc1ccnc(Cl)c1)N1CC2(CCNCC2)c2cc3c(cc21)COC3. The molecule has 1 saturated heterocycles. The minimum atomic E-state index is -0.0662. The highest BCUT2D eigenvalue weighted by Crippen LogP contribution is 2.48. The van der Waals surface area contributed by atoms with Crippen LogP contribution in [0, 0.1) is 0 Å². The molecule has 4 heterocycles. The van der Waals surface area contributed by atoms with Gasteiger partial charge in [-0.1, -0.05) is 17.7 Å². The highest BCUT2D eigenvalue weighted by molar-refractivity contribution is 6.29. The van der Waals surface area contributed by atoms with E-state index in [2.05, 4.69) is 27.8 Å². The Hall–Kier alpha value is -2.15. The molecule has 1 spiro atoms. The van der Waals surface area contributed by atoms with Crippen LogP contribution in [-0.2, 0) is 29.9 Å². The van der Waals surface area contributed by atoms with Crippen molar-refractivity contribution in [3.8, 4) is 0 Å². The maximum atomic E-state index is 13.1. The molecule has 0 saturated carbocycles. The van der Waals surface area contributed by atoms with Gasteiger partial charge < -0.3 is 15.4 Å². The first-order valence-corrected chi connectivity index (χ1v) is 10.1. The maximum absolute atomic E-state index is 13.1. The third-order valence-electron chi connectivity index (χ3n) is 6.20. The Morgan fingerprint density at radius 2 is 2.04 bits per heavy atom. The molecule has 7 heteroatoms. The van der Waals surface area contributed by atoms with Gasteiger partial charge in [0.2, 0.25) is 0 Å². The summed E-state index contributed by atoms with van der Waals surface area (Å²) in [5.41, 5.74) is 5.78. The van der Waals surface area contributed by atoms with Crippen LogP contribution in [0.1, 0.15) is 35.1 Å². The molecule has 2 N–H and O–H groups in total. The topological polar surface area (TPSA) is 66.5 Å². The molecule has 0 bridgehead atoms. The lowest BCUT2D eigenvalue weighted by Gasteiger charge is -2.34. The zero-order valence-electron chi connectivity index (χ0n) is 15.6. The molecule has 2 amide bonds. The van der Waals surface area contributed by atoms with E-state index >= 15 is 0 Å². The molecule has 1 aromatic carbocycles. The average Bonchev–Trinajstić information content (AvgIpc) is 3.28. The summed E-state index contributed by atoms with van der Waals surface area (Å²) in [4.78, 5) is 19.0. The van der Waals surface area contributed by atoms with Gasteiger partial charge in [0, 0.05) is 30.4 Å². The van der Waals surface area contributed by atoms with Crippen LogP contribution >= 0.6 is 11.6 Å². The lowest BCUT2D eigenvalue weighted by molar-refractivity contribution is 0.134. The largest absolute Gasteiger partial charge is 0.372 e. The standard InChI is InChI=1S/C21H23ClN4O2/c22-19-7-14(1-4-24-19)10-25-20(27)26-13-21(2-5-23-6-3-21)17-8-15-11-28-12-16(15)9-18(17)26/h1,4,7-9,23H,2-3,5-6,10-13H2,(H,25,27). The summed E-state index contributed by atoms with van der Waals surface area (Å²) in [5, 5.41) is 6.94. The molecule has 0 unspecified atom stereocenters. The number of piperidine rings is 1. The number of nitrogens with zero attached hydrogens (tertiary/aromatic N) is 2. The number of ether oxygens (including phenoxy) is 1. The van der Waals surface area contributed by atoms with Gasteiger partial charge in [-0.15, -0.1) is 0 Å². The minimum absolute atomic E-state index is 0.0372. The quantitative estimate of drug-likeness (QED) is 0.763. The van der Waals surface area contributed by atoms with Crippen LogP contribution in [-0.4, -0.2) is 30.6 Å². The van der Waals surface area contributed by atoms with Crippen molar-refractivity contribution in [2.24, 2.45) is 0 Å². The lowest BCUT2D eigenvalue weighted by Crippen LogP contribution is -2.46. The molecule has 6 nitrogen and oxygen atoms in total. The Morgan fingerprint density at radius 1 is 1.25 bits per heavy atom. The first-order chi connectivity index (χ1) is 13.6. The van der Waals surface area contributed by atoms with Gasteiger partial charge in [0.15, 0.2) is 0 Å². The van der Waals surface area contributed by atoms with Crippen LogP contribution in [0.2, 0.25) is 5.15 Å². The zero-order chi connectivity index (χ0) is 19.1. The second-order valence-corrected chi connectivity index (χ2v) is 8.28. The Bertz CT molecular complexity index is 927. The third kappa shape index (κ3) is 3.05. The van der Waals surface area contributed by atoms with Gasteiger partial charge in [0.1, 0.15) is 5.15 Å². The van der Waals surface area contributed by atoms with Crippen molar-refractivity contribution in [3.63, 3.8) is 0 Å². The number of hydrogen-bond acceptors (Lipinski definition) is 4. The zero-order valence-corrected chi connectivity index (χ0v) is 16.4. The molecule has 0 radical (unpaired) electrons. The molecular weight excluding hydrogens is 376 g/mol. The van der Waals surface area contributed by atoms with Gasteiger partial charge >= 0.3 is 6.03 Å². The van der Waals surface area contributed by atoms with Gasteiger partial charge in [0.25, 0.3) is 0 Å². The maximum Gasteiger partial charge on any atom is 0.322 e. The van der Waals surface area contributed by atoms with Crippen molar-refractivity contribution in [2.75, 3.05) is 24.5 Å². The molecule has 1 fully saturated rings. The van der Waals surface area contributed by atoms with Crippen molar-refractivity contribution in [2.45, 2.75) is 38.0 Å². The van der Waals surface area contributed by atoms with Crippen molar-refractivity contribution < 1.29 is 9.53 Å². The van der Waals surface area contributed by atoms with E-state index in [1.807, 2.05) is 11.0 Å². The number of fused-ring (bicyclic) bond motifs is 3. The van der Waals surface area contributed by atoms with Gasteiger partial charge in [-0.3, -0.25) is 4.90 Å². The Balaban J connectivity index is 1.43. The number of hydrogen-bond donors (Lipinski definition) is 2. The summed E-state index contributed by atoms with van der Waals surface area (Å²) in [6.45, 7) is 4.43. The van der Waals surface area contributed by atoms with E-state index in [0.717, 1.165) is 43.7 Å². The molecule has 28 heavy (non-hydrogen) atoms. The van der Waals surface area contributed by atoms with Crippen LogP contribution in [0.15, 0.2) is 30.5 Å². The van der Waals surface area contributed by atoms with E-state index in [9.17, 15) is 4.79 Å². The number of urea groups is 1. The van der Waals surface area contributed by atoms with E-state index < -0.39 is 0 Å². The van der Waals surface area contributed by atoms with E-state index in [0.29, 0.717) is 24.9 Å². The molecule has 5 rings (SSSR count). The van der Waals surface area contributed by atoms with Crippen molar-refractivity contribution in [1.82, 2.24) is 15.6 Å². The summed E-state index contributed by atoms with van der Waals surface area (Å²) in [7, 11) is 0. The van der Waals surface area contributed by atoms with Gasteiger partial charge in [0.05, 0.1) is 13.2 Å². The smallest absolute Gasteiger partial charge is 0.322 e. The van der Waals surface area contributed by atoms with E-state index in [1.165, 1.54) is 16.7 Å². The van der Waals surface area contributed by atoms with Crippen molar-refractivity contribution in [3.05, 3.63) is 57.9 Å². The van der Waals surface area contributed by atoms with E-state index in [1.54, 1.807) is 12.3 Å². The predicted molar refractivity (Wildman–Crippen MR) is 108 cm³/mol. The monoisotopic (exact) mass is 398 g/mol. The first kappa shape index (κ1) is 17.9. The number of amides is 2.